The lowest BCUT2D eigenvalue weighted by Gasteiger charge is -2.09. The van der Waals surface area contributed by atoms with Crippen molar-refractivity contribution < 1.29 is 4.79 Å². The zero-order chi connectivity index (χ0) is 22.0. The summed E-state index contributed by atoms with van der Waals surface area (Å²) >= 11 is 1.69. The molecule has 4 aromatic rings. The van der Waals surface area contributed by atoms with Gasteiger partial charge in [-0.15, -0.1) is 0 Å². The van der Waals surface area contributed by atoms with Crippen molar-refractivity contribution in [1.82, 2.24) is 19.3 Å². The second-order valence-electron chi connectivity index (χ2n) is 7.42. The van der Waals surface area contributed by atoms with Crippen LogP contribution in [0.5, 0.6) is 0 Å². The number of carbonyl (C=O) groups excluding carboxylic acids is 1. The largest absolute Gasteiger partial charge is 0.326 e. The Bertz CT molecular complexity index is 1310. The Morgan fingerprint density at radius 1 is 1.06 bits per heavy atom. The fraction of sp³-hybridized carbons (Fsp3) is 0.217. The van der Waals surface area contributed by atoms with Gasteiger partial charge in [0.05, 0.1) is 12.5 Å². The number of carbonyl (C=O) groups is 1. The fourth-order valence-electron chi connectivity index (χ4n) is 3.19. The van der Waals surface area contributed by atoms with E-state index in [4.69, 9.17) is 0 Å². The van der Waals surface area contributed by atoms with Gasteiger partial charge in [-0.05, 0) is 61.4 Å². The average Bonchev–Trinajstić information content (AvgIpc) is 3.13. The van der Waals surface area contributed by atoms with Crippen molar-refractivity contribution in [2.75, 3.05) is 5.32 Å². The third-order valence-corrected chi connectivity index (χ3v) is 6.15. The summed E-state index contributed by atoms with van der Waals surface area (Å²) in [6.07, 6.45) is 3.13. The Labute approximate surface area is 184 Å². The molecular weight excluding hydrogens is 410 g/mol. The first-order valence-electron chi connectivity index (χ1n) is 9.93. The molecule has 7 nitrogen and oxygen atoms in total. The van der Waals surface area contributed by atoms with Crippen molar-refractivity contribution in [3.05, 3.63) is 76.5 Å². The van der Waals surface area contributed by atoms with Crippen LogP contribution in [0.25, 0.3) is 11.0 Å². The van der Waals surface area contributed by atoms with Gasteiger partial charge < -0.3 is 5.32 Å². The molecule has 0 fully saturated rings. The zero-order valence-corrected chi connectivity index (χ0v) is 18.4. The van der Waals surface area contributed by atoms with Crippen LogP contribution < -0.4 is 10.9 Å². The van der Waals surface area contributed by atoms with Crippen LogP contribution in [0.15, 0.2) is 69.6 Å². The first-order valence-corrected chi connectivity index (χ1v) is 10.7. The van der Waals surface area contributed by atoms with E-state index in [2.05, 4.69) is 47.4 Å². The molecule has 0 aliphatic rings. The molecule has 1 amide bonds. The minimum atomic E-state index is -0.196. The number of anilines is 1. The van der Waals surface area contributed by atoms with Crippen molar-refractivity contribution in [2.24, 2.45) is 7.05 Å². The summed E-state index contributed by atoms with van der Waals surface area (Å²) in [7, 11) is 1.73. The number of hydrogen-bond acceptors (Lipinski definition) is 5. The van der Waals surface area contributed by atoms with Crippen LogP contribution in [0.4, 0.5) is 5.69 Å². The third kappa shape index (κ3) is 4.69. The number of hydrogen-bond donors (Lipinski definition) is 1. The Hall–Kier alpha value is -3.39. The topological polar surface area (TPSA) is 81.8 Å². The zero-order valence-electron chi connectivity index (χ0n) is 17.6. The average molecular weight is 434 g/mol. The normalized spacial score (nSPS) is 11.1. The predicted molar refractivity (Wildman–Crippen MR) is 122 cm³/mol. The molecule has 2 heterocycles. The summed E-state index contributed by atoms with van der Waals surface area (Å²) in [6, 6.07) is 14.2. The maximum absolute atomic E-state index is 12.5. The number of aromatic nitrogens is 4. The van der Waals surface area contributed by atoms with Crippen molar-refractivity contribution >= 4 is 34.4 Å². The Balaban J connectivity index is 1.35. The summed E-state index contributed by atoms with van der Waals surface area (Å²) in [5.41, 5.74) is 3.61. The SMILES string of the molecule is Cc1ccc(Sc2ccc(NC(=O)CCn3cnc4c(cnn4C)c3=O)cc2)cc1C. The van der Waals surface area contributed by atoms with Gasteiger partial charge in [-0.2, -0.15) is 5.10 Å². The molecule has 158 valence electrons. The molecule has 2 aromatic carbocycles. The van der Waals surface area contributed by atoms with Gasteiger partial charge >= 0.3 is 0 Å². The number of amides is 1. The van der Waals surface area contributed by atoms with Crippen molar-refractivity contribution in [3.63, 3.8) is 0 Å². The molecule has 31 heavy (non-hydrogen) atoms. The fourth-order valence-corrected chi connectivity index (χ4v) is 4.11. The van der Waals surface area contributed by atoms with Gasteiger partial charge in [0.15, 0.2) is 5.65 Å². The molecule has 0 unspecified atom stereocenters. The standard InChI is InChI=1S/C23H23N5O2S/c1-15-4-7-19(12-16(15)2)31-18-8-5-17(6-9-18)26-21(29)10-11-28-14-24-22-20(23(28)30)13-25-27(22)3/h4-9,12-14H,10-11H2,1-3H3,(H,26,29). The molecule has 1 N–H and O–H groups in total. The van der Waals surface area contributed by atoms with Gasteiger partial charge in [-0.3, -0.25) is 18.8 Å². The third-order valence-electron chi connectivity index (χ3n) is 5.15. The Morgan fingerprint density at radius 3 is 2.55 bits per heavy atom. The van der Waals surface area contributed by atoms with Crippen LogP contribution in [0.3, 0.4) is 0 Å². The number of aryl methyl sites for hydroxylation is 4. The second kappa shape index (κ2) is 8.77. The Kier molecular flexibility index (Phi) is 5.90. The molecule has 0 saturated carbocycles. The summed E-state index contributed by atoms with van der Waals surface area (Å²) in [4.78, 5) is 31.3. The summed E-state index contributed by atoms with van der Waals surface area (Å²) in [5.74, 6) is -0.159. The van der Waals surface area contributed by atoms with Crippen molar-refractivity contribution in [1.29, 1.82) is 0 Å². The smallest absolute Gasteiger partial charge is 0.264 e. The number of benzene rings is 2. The highest BCUT2D eigenvalue weighted by Crippen LogP contribution is 2.29. The van der Waals surface area contributed by atoms with Crippen LogP contribution in [0.1, 0.15) is 17.5 Å². The van der Waals surface area contributed by atoms with Crippen LogP contribution >= 0.6 is 11.8 Å². The van der Waals surface area contributed by atoms with E-state index in [-0.39, 0.29) is 24.4 Å². The van der Waals surface area contributed by atoms with Crippen molar-refractivity contribution in [2.45, 2.75) is 36.6 Å². The molecule has 2 aromatic heterocycles. The first-order chi connectivity index (χ1) is 14.9. The highest BCUT2D eigenvalue weighted by atomic mass is 32.2. The molecule has 8 heteroatoms. The lowest BCUT2D eigenvalue weighted by atomic mass is 10.1. The molecule has 0 spiro atoms. The molecule has 0 bridgehead atoms. The Morgan fingerprint density at radius 2 is 1.81 bits per heavy atom. The molecular formula is C23H23N5O2S. The maximum Gasteiger partial charge on any atom is 0.264 e. The van der Waals surface area contributed by atoms with Gasteiger partial charge in [0.25, 0.3) is 5.56 Å². The summed E-state index contributed by atoms with van der Waals surface area (Å²) < 4.78 is 2.99. The van der Waals surface area contributed by atoms with E-state index in [9.17, 15) is 9.59 Å². The highest BCUT2D eigenvalue weighted by Gasteiger charge is 2.10. The molecule has 0 atom stereocenters. The van der Waals surface area contributed by atoms with Crippen LogP contribution in [0.2, 0.25) is 0 Å². The molecule has 0 aliphatic carbocycles. The lowest BCUT2D eigenvalue weighted by Crippen LogP contribution is -2.23. The molecule has 0 radical (unpaired) electrons. The number of fused-ring (bicyclic) bond motifs is 1. The lowest BCUT2D eigenvalue weighted by molar-refractivity contribution is -0.116. The van der Waals surface area contributed by atoms with Crippen LogP contribution in [0, 0.1) is 13.8 Å². The van der Waals surface area contributed by atoms with E-state index in [1.54, 1.807) is 23.5 Å². The van der Waals surface area contributed by atoms with Gasteiger partial charge in [0, 0.05) is 35.5 Å². The van der Waals surface area contributed by atoms with Gasteiger partial charge in [-0.25, -0.2) is 4.98 Å². The molecule has 4 rings (SSSR count). The van der Waals surface area contributed by atoms with E-state index < -0.39 is 0 Å². The predicted octanol–water partition coefficient (Wildman–Crippen LogP) is 3.93. The van der Waals surface area contributed by atoms with E-state index in [1.165, 1.54) is 33.1 Å². The van der Waals surface area contributed by atoms with Crippen molar-refractivity contribution in [3.8, 4) is 0 Å². The van der Waals surface area contributed by atoms with Gasteiger partial charge in [0.1, 0.15) is 5.39 Å². The highest BCUT2D eigenvalue weighted by molar-refractivity contribution is 7.99. The maximum atomic E-state index is 12.5. The number of nitrogens with one attached hydrogen (secondary N) is 1. The number of rotatable bonds is 6. The molecule has 0 aliphatic heterocycles. The number of nitrogens with zero attached hydrogens (tertiary/aromatic N) is 4. The molecule has 0 saturated heterocycles. The van der Waals surface area contributed by atoms with Crippen LogP contribution in [-0.2, 0) is 18.4 Å². The van der Waals surface area contributed by atoms with Gasteiger partial charge in [-0.1, -0.05) is 17.8 Å². The quantitative estimate of drug-likeness (QED) is 0.498. The van der Waals surface area contributed by atoms with E-state index >= 15 is 0 Å². The van der Waals surface area contributed by atoms with E-state index in [0.717, 1.165) is 10.6 Å². The monoisotopic (exact) mass is 433 g/mol. The van der Waals surface area contributed by atoms with E-state index in [0.29, 0.717) is 11.0 Å². The van der Waals surface area contributed by atoms with Crippen LogP contribution in [-0.4, -0.2) is 25.2 Å². The summed E-state index contributed by atoms with van der Waals surface area (Å²) in [6.45, 7) is 4.46. The second-order valence-corrected chi connectivity index (χ2v) is 8.57. The first kappa shape index (κ1) is 20.9. The van der Waals surface area contributed by atoms with Gasteiger partial charge in [0.2, 0.25) is 5.91 Å². The minimum absolute atomic E-state index is 0.159. The summed E-state index contributed by atoms with van der Waals surface area (Å²) in [5, 5.41) is 7.38. The van der Waals surface area contributed by atoms with E-state index in [1.807, 2.05) is 24.3 Å². The minimum Gasteiger partial charge on any atom is -0.326 e.